The van der Waals surface area contributed by atoms with E-state index in [1.54, 1.807) is 25.1 Å². The Morgan fingerprint density at radius 3 is 2.68 bits per heavy atom. The molecule has 0 saturated carbocycles. The molecule has 1 aromatic carbocycles. The number of ether oxygens (including phenoxy) is 1. The van der Waals surface area contributed by atoms with E-state index in [0.717, 1.165) is 11.4 Å². The van der Waals surface area contributed by atoms with Gasteiger partial charge in [-0.05, 0) is 37.5 Å². The van der Waals surface area contributed by atoms with Crippen molar-refractivity contribution in [3.05, 3.63) is 40.0 Å². The van der Waals surface area contributed by atoms with E-state index in [4.69, 9.17) is 27.9 Å². The van der Waals surface area contributed by atoms with Crippen molar-refractivity contribution in [1.82, 2.24) is 0 Å². The fourth-order valence-electron chi connectivity index (χ4n) is 2.49. The van der Waals surface area contributed by atoms with Gasteiger partial charge < -0.3 is 10.1 Å². The number of carbonyl (C=O) groups is 2. The second-order valence-electron chi connectivity index (χ2n) is 5.24. The molecule has 0 bridgehead atoms. The molecule has 1 aliphatic rings. The van der Waals surface area contributed by atoms with E-state index in [-0.39, 0.29) is 18.3 Å². The minimum Gasteiger partial charge on any atom is -0.465 e. The smallest absolute Gasteiger partial charge is 0.317 e. The van der Waals surface area contributed by atoms with Crippen LogP contribution in [-0.2, 0) is 14.3 Å². The third-order valence-electron chi connectivity index (χ3n) is 3.50. The quantitative estimate of drug-likeness (QED) is 0.662. The Bertz CT molecular complexity index is 628. The summed E-state index contributed by atoms with van der Waals surface area (Å²) in [4.78, 5) is 24.0. The van der Waals surface area contributed by atoms with Crippen LogP contribution in [0.1, 0.15) is 20.3 Å². The van der Waals surface area contributed by atoms with Gasteiger partial charge in [0.05, 0.1) is 16.7 Å². The molecule has 0 saturated heterocycles. The fraction of sp³-hybridized carbons (Fsp3) is 0.375. The van der Waals surface area contributed by atoms with Crippen molar-refractivity contribution in [3.63, 3.8) is 0 Å². The molecular weight excluding hydrogens is 325 g/mol. The van der Waals surface area contributed by atoms with Gasteiger partial charge in [-0.3, -0.25) is 9.59 Å². The molecule has 6 heteroatoms. The lowest BCUT2D eigenvalue weighted by molar-refractivity contribution is -0.152. The van der Waals surface area contributed by atoms with Crippen molar-refractivity contribution in [2.24, 2.45) is 11.8 Å². The van der Waals surface area contributed by atoms with Crippen LogP contribution in [0.3, 0.4) is 0 Å². The molecule has 1 aromatic rings. The first-order chi connectivity index (χ1) is 10.4. The van der Waals surface area contributed by atoms with E-state index < -0.39 is 11.9 Å². The molecule has 1 aliphatic carbocycles. The predicted octanol–water partition coefficient (Wildman–Crippen LogP) is 4.08. The number of esters is 1. The number of rotatable bonds is 4. The molecule has 0 amide bonds. The lowest BCUT2D eigenvalue weighted by atomic mass is 9.82. The molecular formula is C16H17Cl2NO3. The molecule has 0 fully saturated rings. The van der Waals surface area contributed by atoms with Crippen LogP contribution >= 0.6 is 23.2 Å². The van der Waals surface area contributed by atoms with Crippen LogP contribution in [0.15, 0.2) is 30.0 Å². The zero-order chi connectivity index (χ0) is 16.3. The fourth-order valence-corrected chi connectivity index (χ4v) is 2.79. The zero-order valence-corrected chi connectivity index (χ0v) is 13.9. The summed E-state index contributed by atoms with van der Waals surface area (Å²) in [5.41, 5.74) is 1.49. The molecule has 1 N–H and O–H groups in total. The Morgan fingerprint density at radius 1 is 1.36 bits per heavy atom. The first-order valence-corrected chi connectivity index (χ1v) is 7.81. The highest BCUT2D eigenvalue weighted by Crippen LogP contribution is 2.31. The molecule has 4 nitrogen and oxygen atoms in total. The number of anilines is 1. The van der Waals surface area contributed by atoms with Gasteiger partial charge in [0.2, 0.25) is 0 Å². The number of benzene rings is 1. The van der Waals surface area contributed by atoms with Crippen LogP contribution in [0.2, 0.25) is 10.0 Å². The monoisotopic (exact) mass is 341 g/mol. The Morgan fingerprint density at radius 2 is 2.09 bits per heavy atom. The Labute approximate surface area is 139 Å². The molecule has 22 heavy (non-hydrogen) atoms. The maximum absolute atomic E-state index is 12.2. The van der Waals surface area contributed by atoms with Gasteiger partial charge >= 0.3 is 5.97 Å². The maximum atomic E-state index is 12.2. The summed E-state index contributed by atoms with van der Waals surface area (Å²) in [6.07, 6.45) is 2.04. The van der Waals surface area contributed by atoms with E-state index >= 15 is 0 Å². The third kappa shape index (κ3) is 3.81. The highest BCUT2D eigenvalue weighted by Gasteiger charge is 2.36. The Kier molecular flexibility index (Phi) is 5.48. The highest BCUT2D eigenvalue weighted by atomic mass is 35.5. The normalized spacial score (nSPS) is 21.3. The summed E-state index contributed by atoms with van der Waals surface area (Å²) < 4.78 is 4.96. The van der Waals surface area contributed by atoms with Crippen molar-refractivity contribution < 1.29 is 14.3 Å². The number of allylic oxidation sites excluding steroid dienone is 2. The van der Waals surface area contributed by atoms with Crippen LogP contribution < -0.4 is 5.32 Å². The van der Waals surface area contributed by atoms with E-state index in [9.17, 15) is 9.59 Å². The van der Waals surface area contributed by atoms with Crippen LogP contribution in [0.4, 0.5) is 5.69 Å². The van der Waals surface area contributed by atoms with Gasteiger partial charge in [-0.15, -0.1) is 0 Å². The zero-order valence-electron chi connectivity index (χ0n) is 12.4. The van der Waals surface area contributed by atoms with Gasteiger partial charge in [-0.2, -0.15) is 0 Å². The summed E-state index contributed by atoms with van der Waals surface area (Å²) in [5.74, 6) is -1.54. The van der Waals surface area contributed by atoms with Crippen LogP contribution in [0, 0.1) is 11.8 Å². The number of carbonyl (C=O) groups excluding carboxylic acids is 2. The van der Waals surface area contributed by atoms with Crippen molar-refractivity contribution >= 4 is 40.6 Å². The van der Waals surface area contributed by atoms with Crippen LogP contribution in [-0.4, -0.2) is 18.4 Å². The minimum atomic E-state index is -0.723. The summed E-state index contributed by atoms with van der Waals surface area (Å²) in [6, 6.07) is 5.15. The van der Waals surface area contributed by atoms with E-state index in [1.807, 2.05) is 6.92 Å². The second kappa shape index (κ2) is 7.16. The van der Waals surface area contributed by atoms with Crippen LogP contribution in [0.25, 0.3) is 0 Å². The van der Waals surface area contributed by atoms with E-state index in [0.29, 0.717) is 16.5 Å². The summed E-state index contributed by atoms with van der Waals surface area (Å²) in [6.45, 7) is 3.86. The van der Waals surface area contributed by atoms with Gasteiger partial charge in [0, 0.05) is 17.5 Å². The van der Waals surface area contributed by atoms with Gasteiger partial charge in [-0.1, -0.05) is 30.1 Å². The first-order valence-electron chi connectivity index (χ1n) is 7.05. The first kappa shape index (κ1) is 16.8. The van der Waals surface area contributed by atoms with Gasteiger partial charge in [0.15, 0.2) is 5.78 Å². The van der Waals surface area contributed by atoms with Crippen molar-refractivity contribution in [3.8, 4) is 0 Å². The molecule has 2 atom stereocenters. The van der Waals surface area contributed by atoms with Crippen molar-refractivity contribution in [2.45, 2.75) is 20.3 Å². The second-order valence-corrected chi connectivity index (χ2v) is 6.05. The molecule has 0 aromatic heterocycles. The Hall–Kier alpha value is -1.52. The van der Waals surface area contributed by atoms with Crippen LogP contribution in [0.5, 0.6) is 0 Å². The van der Waals surface area contributed by atoms with Gasteiger partial charge in [0.25, 0.3) is 0 Å². The van der Waals surface area contributed by atoms with Crippen molar-refractivity contribution in [2.75, 3.05) is 11.9 Å². The Balaban J connectivity index is 2.14. The third-order valence-corrected chi connectivity index (χ3v) is 4.24. The van der Waals surface area contributed by atoms with Gasteiger partial charge in [-0.25, -0.2) is 0 Å². The van der Waals surface area contributed by atoms with E-state index in [2.05, 4.69) is 5.32 Å². The minimum absolute atomic E-state index is 0.123. The SMILES string of the molecule is CCOC(=O)[C@@H]1C(=O)C=C(Nc2ccc(Cl)c(Cl)c2)C[C@H]1C. The molecule has 0 unspecified atom stereocenters. The molecule has 0 aliphatic heterocycles. The maximum Gasteiger partial charge on any atom is 0.317 e. The number of ketones is 1. The molecule has 0 heterocycles. The number of hydrogen-bond donors (Lipinski definition) is 1. The average Bonchev–Trinajstić information content (AvgIpc) is 2.42. The number of halogens is 2. The highest BCUT2D eigenvalue weighted by molar-refractivity contribution is 6.42. The molecule has 0 radical (unpaired) electrons. The topological polar surface area (TPSA) is 55.4 Å². The average molecular weight is 342 g/mol. The summed E-state index contributed by atoms with van der Waals surface area (Å²) >= 11 is 11.8. The predicted molar refractivity (Wildman–Crippen MR) is 87.1 cm³/mol. The molecule has 0 spiro atoms. The molecule has 2 rings (SSSR count). The van der Waals surface area contributed by atoms with Gasteiger partial charge in [0.1, 0.15) is 5.92 Å². The number of hydrogen-bond acceptors (Lipinski definition) is 4. The lowest BCUT2D eigenvalue weighted by Crippen LogP contribution is -2.34. The lowest BCUT2D eigenvalue weighted by Gasteiger charge is -2.26. The summed E-state index contributed by atoms with van der Waals surface area (Å²) in [5, 5.41) is 4.05. The summed E-state index contributed by atoms with van der Waals surface area (Å²) in [7, 11) is 0. The van der Waals surface area contributed by atoms with E-state index in [1.165, 1.54) is 6.08 Å². The largest absolute Gasteiger partial charge is 0.465 e. The molecule has 118 valence electrons. The standard InChI is InChI=1S/C16H17Cl2NO3/c1-3-22-16(21)15-9(2)6-11(8-14(15)20)19-10-4-5-12(17)13(18)7-10/h4-5,7-9,15,19H,3,6H2,1-2H3/t9-,15+/m1/s1. The van der Waals surface area contributed by atoms with Crippen molar-refractivity contribution in [1.29, 1.82) is 0 Å². The number of nitrogens with one attached hydrogen (secondary N) is 1.